The van der Waals surface area contributed by atoms with E-state index in [4.69, 9.17) is 9.47 Å². The lowest BCUT2D eigenvalue weighted by molar-refractivity contribution is -0.137. The maximum Gasteiger partial charge on any atom is 0.416 e. The standard InChI is InChI=1S/C14H14F3NO3/c1-9(18-13(19)12-8-20-5-6-21-12)10-3-2-4-11(7-10)14(15,16)17/h2-4,7-9H,5-6H2,1H3,(H,18,19)/t9-/m0/s1. The molecule has 0 radical (unpaired) electrons. The number of nitrogens with one attached hydrogen (secondary N) is 1. The Labute approximate surface area is 119 Å². The zero-order valence-corrected chi connectivity index (χ0v) is 11.2. The van der Waals surface area contributed by atoms with Gasteiger partial charge >= 0.3 is 6.18 Å². The van der Waals surface area contributed by atoms with Gasteiger partial charge in [-0.1, -0.05) is 12.1 Å². The van der Waals surface area contributed by atoms with E-state index in [0.717, 1.165) is 12.1 Å². The van der Waals surface area contributed by atoms with Crippen LogP contribution in [0.15, 0.2) is 36.3 Å². The molecule has 4 nitrogen and oxygen atoms in total. The van der Waals surface area contributed by atoms with Gasteiger partial charge in [0.1, 0.15) is 19.5 Å². The molecule has 1 aliphatic heterocycles. The Morgan fingerprint density at radius 2 is 2.10 bits per heavy atom. The van der Waals surface area contributed by atoms with E-state index in [1.54, 1.807) is 6.92 Å². The third kappa shape index (κ3) is 3.90. The summed E-state index contributed by atoms with van der Waals surface area (Å²) in [5, 5.41) is 2.56. The van der Waals surface area contributed by atoms with Crippen molar-refractivity contribution >= 4 is 5.91 Å². The molecule has 114 valence electrons. The van der Waals surface area contributed by atoms with Crippen LogP contribution in [0.3, 0.4) is 0 Å². The summed E-state index contributed by atoms with van der Waals surface area (Å²) in [6.07, 6.45) is -3.22. The highest BCUT2D eigenvalue weighted by molar-refractivity contribution is 5.91. The summed E-state index contributed by atoms with van der Waals surface area (Å²) in [4.78, 5) is 11.9. The fourth-order valence-corrected chi connectivity index (χ4v) is 1.82. The summed E-state index contributed by atoms with van der Waals surface area (Å²) in [6, 6.07) is 4.23. The molecular formula is C14H14F3NO3. The number of ether oxygens (including phenoxy) is 2. The molecule has 2 rings (SSSR count). The Bertz CT molecular complexity index is 555. The highest BCUT2D eigenvalue weighted by Crippen LogP contribution is 2.30. The van der Waals surface area contributed by atoms with Crippen molar-refractivity contribution in [2.24, 2.45) is 0 Å². The van der Waals surface area contributed by atoms with Crippen LogP contribution in [0.4, 0.5) is 13.2 Å². The van der Waals surface area contributed by atoms with Crippen molar-refractivity contribution in [3.05, 3.63) is 47.4 Å². The van der Waals surface area contributed by atoms with Gasteiger partial charge in [0.15, 0.2) is 0 Å². The van der Waals surface area contributed by atoms with Crippen molar-refractivity contribution < 1.29 is 27.4 Å². The van der Waals surface area contributed by atoms with Crippen LogP contribution >= 0.6 is 0 Å². The summed E-state index contributed by atoms with van der Waals surface area (Å²) in [5.41, 5.74) is -0.395. The van der Waals surface area contributed by atoms with Gasteiger partial charge in [-0.2, -0.15) is 13.2 Å². The normalized spacial score (nSPS) is 16.3. The Morgan fingerprint density at radius 3 is 2.71 bits per heavy atom. The monoisotopic (exact) mass is 301 g/mol. The molecule has 1 aromatic rings. The first kappa shape index (κ1) is 15.2. The van der Waals surface area contributed by atoms with Crippen molar-refractivity contribution in [1.82, 2.24) is 5.32 Å². The molecule has 1 atom stereocenters. The van der Waals surface area contributed by atoms with Crippen LogP contribution in [0, 0.1) is 0 Å². The van der Waals surface area contributed by atoms with Crippen molar-refractivity contribution in [3.8, 4) is 0 Å². The zero-order valence-electron chi connectivity index (χ0n) is 11.2. The van der Waals surface area contributed by atoms with Gasteiger partial charge in [-0.3, -0.25) is 4.79 Å². The second-order valence-corrected chi connectivity index (χ2v) is 4.52. The van der Waals surface area contributed by atoms with E-state index in [0.29, 0.717) is 12.2 Å². The topological polar surface area (TPSA) is 47.6 Å². The van der Waals surface area contributed by atoms with E-state index in [-0.39, 0.29) is 12.4 Å². The minimum atomic E-state index is -4.41. The van der Waals surface area contributed by atoms with E-state index < -0.39 is 23.7 Å². The molecule has 0 bridgehead atoms. The fraction of sp³-hybridized carbons (Fsp3) is 0.357. The van der Waals surface area contributed by atoms with E-state index >= 15 is 0 Å². The quantitative estimate of drug-likeness (QED) is 0.934. The predicted molar refractivity (Wildman–Crippen MR) is 68.0 cm³/mol. The number of carbonyl (C=O) groups excluding carboxylic acids is 1. The number of hydrogen-bond acceptors (Lipinski definition) is 3. The molecule has 0 spiro atoms. The van der Waals surface area contributed by atoms with E-state index in [1.807, 2.05) is 0 Å². The summed E-state index contributed by atoms with van der Waals surface area (Å²) in [6.45, 7) is 2.22. The molecule has 0 aromatic heterocycles. The highest BCUT2D eigenvalue weighted by Gasteiger charge is 2.30. The van der Waals surface area contributed by atoms with Gasteiger partial charge in [0.25, 0.3) is 5.91 Å². The molecule has 1 heterocycles. The first-order valence-electron chi connectivity index (χ1n) is 6.30. The van der Waals surface area contributed by atoms with Gasteiger partial charge in [-0.15, -0.1) is 0 Å². The Balaban J connectivity index is 2.08. The second kappa shape index (κ2) is 6.07. The van der Waals surface area contributed by atoms with Crippen LogP contribution < -0.4 is 5.32 Å². The number of hydrogen-bond donors (Lipinski definition) is 1. The lowest BCUT2D eigenvalue weighted by Gasteiger charge is -2.19. The Kier molecular flexibility index (Phi) is 4.40. The van der Waals surface area contributed by atoms with Crippen LogP contribution in [0.5, 0.6) is 0 Å². The lowest BCUT2D eigenvalue weighted by atomic mass is 10.0. The number of benzene rings is 1. The third-order valence-electron chi connectivity index (χ3n) is 2.93. The molecule has 0 saturated heterocycles. The molecule has 0 fully saturated rings. The van der Waals surface area contributed by atoms with Crippen LogP contribution in [-0.2, 0) is 20.4 Å². The lowest BCUT2D eigenvalue weighted by Crippen LogP contribution is -2.30. The van der Waals surface area contributed by atoms with Crippen molar-refractivity contribution in [2.75, 3.05) is 13.2 Å². The summed E-state index contributed by atoms with van der Waals surface area (Å²) >= 11 is 0. The minimum Gasteiger partial charge on any atom is -0.494 e. The van der Waals surface area contributed by atoms with E-state index in [2.05, 4.69) is 5.32 Å². The molecule has 1 N–H and O–H groups in total. The number of amides is 1. The summed E-state index contributed by atoms with van der Waals surface area (Å²) in [5.74, 6) is -0.514. The average molecular weight is 301 g/mol. The van der Waals surface area contributed by atoms with Gasteiger partial charge < -0.3 is 14.8 Å². The molecular weight excluding hydrogens is 287 g/mol. The van der Waals surface area contributed by atoms with E-state index in [1.165, 1.54) is 18.4 Å². The number of alkyl halides is 3. The SMILES string of the molecule is C[C@H](NC(=O)C1=COCCO1)c1cccc(C(F)(F)F)c1. The molecule has 0 aliphatic carbocycles. The highest BCUT2D eigenvalue weighted by atomic mass is 19.4. The first-order chi connectivity index (χ1) is 9.88. The minimum absolute atomic E-state index is 0.0140. The molecule has 7 heteroatoms. The number of halogens is 3. The number of carbonyl (C=O) groups is 1. The van der Waals surface area contributed by atoms with Crippen molar-refractivity contribution in [2.45, 2.75) is 19.1 Å². The second-order valence-electron chi connectivity index (χ2n) is 4.52. The van der Waals surface area contributed by atoms with Crippen LogP contribution in [0.1, 0.15) is 24.1 Å². The first-order valence-corrected chi connectivity index (χ1v) is 6.30. The fourth-order valence-electron chi connectivity index (χ4n) is 1.82. The van der Waals surface area contributed by atoms with Gasteiger partial charge in [-0.25, -0.2) is 0 Å². The zero-order chi connectivity index (χ0) is 15.5. The van der Waals surface area contributed by atoms with Gasteiger partial charge in [0.2, 0.25) is 5.76 Å². The molecule has 0 saturated carbocycles. The molecule has 0 unspecified atom stereocenters. The van der Waals surface area contributed by atoms with Crippen LogP contribution in [-0.4, -0.2) is 19.1 Å². The Hall–Kier alpha value is -2.18. The van der Waals surface area contributed by atoms with Gasteiger partial charge in [-0.05, 0) is 24.6 Å². The molecule has 21 heavy (non-hydrogen) atoms. The maximum atomic E-state index is 12.7. The van der Waals surface area contributed by atoms with E-state index in [9.17, 15) is 18.0 Å². The Morgan fingerprint density at radius 1 is 1.33 bits per heavy atom. The average Bonchev–Trinajstić information content (AvgIpc) is 2.47. The summed E-state index contributed by atoms with van der Waals surface area (Å²) < 4.78 is 48.0. The van der Waals surface area contributed by atoms with Crippen molar-refractivity contribution in [1.29, 1.82) is 0 Å². The third-order valence-corrected chi connectivity index (χ3v) is 2.93. The molecule has 1 aromatic carbocycles. The van der Waals surface area contributed by atoms with Crippen LogP contribution in [0.2, 0.25) is 0 Å². The summed E-state index contributed by atoms with van der Waals surface area (Å²) in [7, 11) is 0. The maximum absolute atomic E-state index is 12.7. The molecule has 1 aliphatic rings. The van der Waals surface area contributed by atoms with Gasteiger partial charge in [0, 0.05) is 0 Å². The number of rotatable bonds is 3. The predicted octanol–water partition coefficient (Wildman–Crippen LogP) is 2.77. The van der Waals surface area contributed by atoms with Crippen molar-refractivity contribution in [3.63, 3.8) is 0 Å². The largest absolute Gasteiger partial charge is 0.494 e. The molecule has 1 amide bonds. The smallest absolute Gasteiger partial charge is 0.416 e. The van der Waals surface area contributed by atoms with Crippen LogP contribution in [0.25, 0.3) is 0 Å². The van der Waals surface area contributed by atoms with Gasteiger partial charge in [0.05, 0.1) is 11.6 Å².